The quantitative estimate of drug-likeness (QED) is 0.931. The normalized spacial score (nSPS) is 10.8. The van der Waals surface area contributed by atoms with Crippen molar-refractivity contribution in [3.63, 3.8) is 0 Å². The monoisotopic (exact) mass is 326 g/mol. The van der Waals surface area contributed by atoms with E-state index in [1.54, 1.807) is 13.2 Å². The molecule has 0 aliphatic heterocycles. The third-order valence-corrected chi connectivity index (χ3v) is 2.84. The molecule has 19 heavy (non-hydrogen) atoms. The molecule has 2 rings (SSSR count). The number of benzene rings is 1. The van der Waals surface area contributed by atoms with Crippen molar-refractivity contribution in [2.24, 2.45) is 0 Å². The molecule has 0 saturated heterocycles. The van der Waals surface area contributed by atoms with Gasteiger partial charge in [-0.2, -0.15) is 0 Å². The van der Waals surface area contributed by atoms with Gasteiger partial charge in [-0.05, 0) is 26.0 Å². The minimum absolute atomic E-state index is 0.00842. The molecule has 0 bridgehead atoms. The van der Waals surface area contributed by atoms with E-state index in [2.05, 4.69) is 21.1 Å². The second-order valence-electron chi connectivity index (χ2n) is 4.27. The lowest BCUT2D eigenvalue weighted by atomic mass is 10.1. The fourth-order valence-electron chi connectivity index (χ4n) is 1.68. The minimum atomic E-state index is 0.00842. The number of aromatic nitrogens is 1. The van der Waals surface area contributed by atoms with Crippen LogP contribution >= 0.6 is 15.9 Å². The zero-order valence-electron chi connectivity index (χ0n) is 10.9. The number of nitrogens with zero attached hydrogens (tertiary/aromatic N) is 1. The fraction of sp³-hybridized carbons (Fsp3) is 0.308. The van der Waals surface area contributed by atoms with Crippen molar-refractivity contribution in [3.05, 3.63) is 22.7 Å². The highest BCUT2D eigenvalue weighted by Crippen LogP contribution is 2.41. The first-order chi connectivity index (χ1) is 9.01. The average Bonchev–Trinajstić information content (AvgIpc) is 2.77. The van der Waals surface area contributed by atoms with E-state index in [1.165, 1.54) is 0 Å². The standard InChI is InChI=1S/C13H15BrN2O3/c1-7(2)18-13-9(10-6-12(15)16-19-10)4-8(14)5-11(13)17-3/h4-7H,1-3H3,(H2,15,16). The molecular weight excluding hydrogens is 312 g/mol. The molecule has 0 spiro atoms. The number of methoxy groups -OCH3 is 1. The Kier molecular flexibility index (Phi) is 3.99. The number of ether oxygens (including phenoxy) is 2. The van der Waals surface area contributed by atoms with Crippen molar-refractivity contribution in [1.82, 2.24) is 5.16 Å². The summed E-state index contributed by atoms with van der Waals surface area (Å²) in [6.45, 7) is 3.89. The number of hydrogen-bond acceptors (Lipinski definition) is 5. The van der Waals surface area contributed by atoms with Crippen LogP contribution in [0.15, 0.2) is 27.2 Å². The van der Waals surface area contributed by atoms with E-state index in [1.807, 2.05) is 26.0 Å². The van der Waals surface area contributed by atoms with E-state index in [4.69, 9.17) is 19.7 Å². The number of nitrogen functional groups attached to an aromatic ring is 1. The largest absolute Gasteiger partial charge is 0.493 e. The van der Waals surface area contributed by atoms with Crippen LogP contribution in [0.25, 0.3) is 11.3 Å². The van der Waals surface area contributed by atoms with Crippen LogP contribution in [-0.2, 0) is 0 Å². The average molecular weight is 327 g/mol. The second kappa shape index (κ2) is 5.52. The third kappa shape index (κ3) is 3.01. The van der Waals surface area contributed by atoms with Crippen LogP contribution in [0, 0.1) is 0 Å². The third-order valence-electron chi connectivity index (χ3n) is 2.39. The Bertz CT molecular complexity index is 581. The van der Waals surface area contributed by atoms with E-state index in [0.717, 1.165) is 10.0 Å². The van der Waals surface area contributed by atoms with Crippen molar-refractivity contribution in [1.29, 1.82) is 0 Å². The van der Waals surface area contributed by atoms with E-state index < -0.39 is 0 Å². The summed E-state index contributed by atoms with van der Waals surface area (Å²) < 4.78 is 17.2. The van der Waals surface area contributed by atoms with Crippen molar-refractivity contribution in [2.45, 2.75) is 20.0 Å². The Morgan fingerprint density at radius 2 is 2.05 bits per heavy atom. The SMILES string of the molecule is COc1cc(Br)cc(-c2cc(N)no2)c1OC(C)C. The molecule has 2 aromatic rings. The van der Waals surface area contributed by atoms with Crippen LogP contribution in [0.1, 0.15) is 13.8 Å². The highest BCUT2D eigenvalue weighted by atomic mass is 79.9. The molecule has 0 fully saturated rings. The molecule has 6 heteroatoms. The van der Waals surface area contributed by atoms with Crippen LogP contribution in [0.4, 0.5) is 5.82 Å². The lowest BCUT2D eigenvalue weighted by Crippen LogP contribution is -2.07. The Balaban J connectivity index is 2.59. The molecule has 1 aromatic carbocycles. The van der Waals surface area contributed by atoms with Crippen LogP contribution in [0.2, 0.25) is 0 Å². The van der Waals surface area contributed by atoms with Crippen molar-refractivity contribution in [2.75, 3.05) is 12.8 Å². The molecule has 0 aliphatic carbocycles. The summed E-state index contributed by atoms with van der Waals surface area (Å²) in [4.78, 5) is 0. The van der Waals surface area contributed by atoms with E-state index in [0.29, 0.717) is 23.1 Å². The number of rotatable bonds is 4. The predicted octanol–water partition coefficient (Wildman–Crippen LogP) is 3.48. The Morgan fingerprint density at radius 1 is 1.32 bits per heavy atom. The van der Waals surface area contributed by atoms with Gasteiger partial charge in [-0.25, -0.2) is 0 Å². The lowest BCUT2D eigenvalue weighted by molar-refractivity contribution is 0.230. The summed E-state index contributed by atoms with van der Waals surface area (Å²) in [5.74, 6) is 2.09. The van der Waals surface area contributed by atoms with Gasteiger partial charge >= 0.3 is 0 Å². The Hall–Kier alpha value is -1.69. The fourth-order valence-corrected chi connectivity index (χ4v) is 2.11. The topological polar surface area (TPSA) is 70.5 Å². The summed E-state index contributed by atoms with van der Waals surface area (Å²) in [6, 6.07) is 5.36. The first-order valence-corrected chi connectivity index (χ1v) is 6.57. The van der Waals surface area contributed by atoms with Crippen LogP contribution in [0.5, 0.6) is 11.5 Å². The lowest BCUT2D eigenvalue weighted by Gasteiger charge is -2.16. The number of hydrogen-bond donors (Lipinski definition) is 1. The molecule has 1 heterocycles. The molecule has 0 radical (unpaired) electrons. The maximum atomic E-state index is 5.81. The van der Waals surface area contributed by atoms with Gasteiger partial charge in [0.25, 0.3) is 0 Å². The first kappa shape index (κ1) is 13.7. The van der Waals surface area contributed by atoms with Crippen LogP contribution < -0.4 is 15.2 Å². The zero-order valence-corrected chi connectivity index (χ0v) is 12.5. The van der Waals surface area contributed by atoms with Gasteiger partial charge in [-0.1, -0.05) is 21.1 Å². The van der Waals surface area contributed by atoms with Crippen LogP contribution in [0.3, 0.4) is 0 Å². The summed E-state index contributed by atoms with van der Waals surface area (Å²) in [5.41, 5.74) is 6.33. The molecule has 0 aliphatic rings. The molecular formula is C13H15BrN2O3. The smallest absolute Gasteiger partial charge is 0.172 e. The molecule has 102 valence electrons. The maximum absolute atomic E-state index is 5.81. The van der Waals surface area contributed by atoms with E-state index >= 15 is 0 Å². The first-order valence-electron chi connectivity index (χ1n) is 5.78. The minimum Gasteiger partial charge on any atom is -0.493 e. The van der Waals surface area contributed by atoms with Gasteiger partial charge < -0.3 is 19.7 Å². The summed E-state index contributed by atoms with van der Waals surface area (Å²) in [5, 5.41) is 3.69. The number of halogens is 1. The van der Waals surface area contributed by atoms with Crippen LogP contribution in [-0.4, -0.2) is 18.4 Å². The van der Waals surface area contributed by atoms with E-state index in [-0.39, 0.29) is 6.10 Å². The van der Waals surface area contributed by atoms with Gasteiger partial charge in [-0.3, -0.25) is 0 Å². The van der Waals surface area contributed by atoms with E-state index in [9.17, 15) is 0 Å². The molecule has 1 aromatic heterocycles. The zero-order chi connectivity index (χ0) is 14.0. The molecule has 0 unspecified atom stereocenters. The van der Waals surface area contributed by atoms with Gasteiger partial charge in [0.1, 0.15) is 0 Å². The molecule has 2 N–H and O–H groups in total. The van der Waals surface area contributed by atoms with Crippen molar-refractivity contribution in [3.8, 4) is 22.8 Å². The maximum Gasteiger partial charge on any atom is 0.172 e. The molecule has 0 saturated carbocycles. The predicted molar refractivity (Wildman–Crippen MR) is 76.4 cm³/mol. The number of anilines is 1. The van der Waals surface area contributed by atoms with Gasteiger partial charge in [0.05, 0.1) is 18.8 Å². The van der Waals surface area contributed by atoms with Gasteiger partial charge in [0, 0.05) is 10.5 Å². The van der Waals surface area contributed by atoms with Gasteiger partial charge in [0.2, 0.25) is 0 Å². The summed E-state index contributed by atoms with van der Waals surface area (Å²) in [6.07, 6.45) is 0.00842. The summed E-state index contributed by atoms with van der Waals surface area (Å²) in [7, 11) is 1.59. The Labute approximate surface area is 119 Å². The molecule has 0 atom stereocenters. The van der Waals surface area contributed by atoms with Gasteiger partial charge in [-0.15, -0.1) is 0 Å². The molecule has 5 nitrogen and oxygen atoms in total. The Morgan fingerprint density at radius 3 is 2.58 bits per heavy atom. The van der Waals surface area contributed by atoms with Crippen molar-refractivity contribution < 1.29 is 14.0 Å². The summed E-state index contributed by atoms with van der Waals surface area (Å²) >= 11 is 3.43. The highest BCUT2D eigenvalue weighted by Gasteiger charge is 2.18. The van der Waals surface area contributed by atoms with Crippen molar-refractivity contribution >= 4 is 21.7 Å². The highest BCUT2D eigenvalue weighted by molar-refractivity contribution is 9.10. The molecule has 0 amide bonds. The second-order valence-corrected chi connectivity index (χ2v) is 5.18. The van der Waals surface area contributed by atoms with Gasteiger partial charge in [0.15, 0.2) is 23.1 Å². The number of nitrogens with two attached hydrogens (primary N) is 1.